The molecule has 0 radical (unpaired) electrons. The molecule has 1 aromatic heterocycles. The van der Waals surface area contributed by atoms with Gasteiger partial charge in [0.15, 0.2) is 0 Å². The molecule has 1 unspecified atom stereocenters. The topological polar surface area (TPSA) is 100 Å². The van der Waals surface area contributed by atoms with Gasteiger partial charge in [-0.1, -0.05) is 0 Å². The number of fused-ring (bicyclic) bond motifs is 1. The third-order valence-electron chi connectivity index (χ3n) is 5.18. The molecule has 162 valence electrons. The number of carbonyl (C=O) groups is 2. The fourth-order valence-corrected chi connectivity index (χ4v) is 8.45. The van der Waals surface area contributed by atoms with Crippen LogP contribution in [0, 0.1) is 6.92 Å². The van der Waals surface area contributed by atoms with E-state index in [-0.39, 0.29) is 16.6 Å². The monoisotopic (exact) mass is 482 g/mol. The number of H-pyrrole nitrogens is 1. The third-order valence-corrected chi connectivity index (χ3v) is 10.5. The number of aromatic nitrogens is 2. The molecule has 0 saturated carbocycles. The van der Waals surface area contributed by atoms with E-state index in [2.05, 4.69) is 22.1 Å². The molecular formula is C24H27AsN2O4. The molecule has 31 heavy (non-hydrogen) atoms. The molecule has 0 fully saturated rings. The van der Waals surface area contributed by atoms with Gasteiger partial charge in [0, 0.05) is 0 Å². The first kappa shape index (κ1) is 23.0. The number of nitrogens with one attached hydrogen (secondary N) is 1. The Balaban J connectivity index is 1.80. The third kappa shape index (κ3) is 6.38. The first-order chi connectivity index (χ1) is 15.0. The molecule has 7 heteroatoms. The van der Waals surface area contributed by atoms with Crippen LogP contribution in [0.25, 0.3) is 10.9 Å². The summed E-state index contributed by atoms with van der Waals surface area (Å²) in [4.78, 5) is 43.8. The Morgan fingerprint density at radius 2 is 1.74 bits per heavy atom. The number of hydrogen-bond acceptors (Lipinski definition) is 4. The average molecular weight is 482 g/mol. The summed E-state index contributed by atoms with van der Waals surface area (Å²) in [5.41, 5.74) is 2.02. The van der Waals surface area contributed by atoms with Gasteiger partial charge in [0.1, 0.15) is 0 Å². The second-order valence-corrected chi connectivity index (χ2v) is 12.6. The number of carbonyl (C=O) groups excluding carboxylic acids is 1. The molecule has 0 bridgehead atoms. The molecule has 0 spiro atoms. The van der Waals surface area contributed by atoms with Gasteiger partial charge in [-0.15, -0.1) is 0 Å². The van der Waals surface area contributed by atoms with E-state index in [1.807, 2.05) is 18.2 Å². The van der Waals surface area contributed by atoms with E-state index < -0.39 is 20.6 Å². The normalized spacial score (nSPS) is 12.0. The van der Waals surface area contributed by atoms with E-state index in [9.17, 15) is 14.4 Å². The van der Waals surface area contributed by atoms with Crippen molar-refractivity contribution in [3.8, 4) is 0 Å². The maximum atomic E-state index is 13.5. The number of nitrogens with zero attached hydrogens (tertiary/aromatic N) is 1. The summed E-state index contributed by atoms with van der Waals surface area (Å²) in [5.74, 6) is -0.315. The van der Waals surface area contributed by atoms with Crippen molar-refractivity contribution in [2.45, 2.75) is 49.4 Å². The van der Waals surface area contributed by atoms with E-state index in [1.54, 1.807) is 25.1 Å². The Labute approximate surface area is 186 Å². The zero-order valence-electron chi connectivity index (χ0n) is 17.6. The second-order valence-electron chi connectivity index (χ2n) is 7.59. The Hall–Kier alpha value is -2.72. The number of carboxylic acids is 1. The van der Waals surface area contributed by atoms with Gasteiger partial charge in [-0.05, 0) is 0 Å². The van der Waals surface area contributed by atoms with Crippen LogP contribution in [0.5, 0.6) is 0 Å². The fourth-order valence-electron chi connectivity index (χ4n) is 3.63. The first-order valence-electron chi connectivity index (χ1n) is 10.5. The number of hydrogen-bond donors (Lipinski definition) is 2. The number of para-hydroxylation sites is 1. The first-order valence-corrected chi connectivity index (χ1v) is 14.1. The summed E-state index contributed by atoms with van der Waals surface area (Å²) in [7, 11) is 0. The molecule has 1 atom stereocenters. The van der Waals surface area contributed by atoms with Crippen molar-refractivity contribution in [3.05, 3.63) is 75.8 Å². The molecule has 0 aliphatic carbocycles. The van der Waals surface area contributed by atoms with Crippen molar-refractivity contribution in [1.29, 1.82) is 0 Å². The zero-order chi connectivity index (χ0) is 22.2. The van der Waals surface area contributed by atoms with Crippen LogP contribution in [0.1, 0.15) is 47.4 Å². The summed E-state index contributed by atoms with van der Waals surface area (Å²) < 4.78 is 0.124. The Morgan fingerprint density at radius 3 is 2.48 bits per heavy atom. The number of rotatable bonds is 11. The molecule has 2 N–H and O–H groups in total. The van der Waals surface area contributed by atoms with Crippen molar-refractivity contribution < 1.29 is 14.7 Å². The standard InChI is InChI=1S/C24H27AsN2O4/c1-17-26-22-19(12-7-13-20(22)24(31)27-17)23(30)25(15-6-5-14-21(28)29)16-8-11-18-9-3-2-4-10-18/h2-4,7,9-10,12-13H,5-6,8,11,14-16H2,1H3,(H,28,29)(H,26,27,31). The number of carboxylic acid groups (broad SMARTS) is 1. The van der Waals surface area contributed by atoms with Crippen LogP contribution in [0.3, 0.4) is 0 Å². The number of aryl methyl sites for hydroxylation is 2. The Bertz CT molecular complexity index is 1110. The SMILES string of the molecule is Cc1nc2c(C(=O)[As](CCCCC(=O)O)CCCc3ccccc3)cccc2c(=O)[nH]1. The maximum absolute atomic E-state index is 13.5. The average Bonchev–Trinajstić information content (AvgIpc) is 2.75. The molecule has 0 aliphatic rings. The summed E-state index contributed by atoms with van der Waals surface area (Å²) >= 11 is -1.96. The van der Waals surface area contributed by atoms with Crippen LogP contribution >= 0.6 is 0 Å². The molecule has 0 aliphatic heterocycles. The molecule has 1 heterocycles. The van der Waals surface area contributed by atoms with Gasteiger partial charge < -0.3 is 0 Å². The van der Waals surface area contributed by atoms with Crippen LogP contribution < -0.4 is 5.56 Å². The van der Waals surface area contributed by atoms with Crippen molar-refractivity contribution in [2.75, 3.05) is 0 Å². The quantitative estimate of drug-likeness (QED) is 0.313. The van der Waals surface area contributed by atoms with Crippen molar-refractivity contribution in [2.24, 2.45) is 0 Å². The van der Waals surface area contributed by atoms with Crippen molar-refractivity contribution in [1.82, 2.24) is 9.97 Å². The Kier molecular flexibility index (Phi) is 8.19. The van der Waals surface area contributed by atoms with E-state index >= 15 is 0 Å². The van der Waals surface area contributed by atoms with Crippen LogP contribution in [-0.4, -0.2) is 40.3 Å². The molecule has 2 aromatic carbocycles. The van der Waals surface area contributed by atoms with E-state index in [4.69, 9.17) is 5.11 Å². The summed E-state index contributed by atoms with van der Waals surface area (Å²) in [5, 5.41) is 11.0. The van der Waals surface area contributed by atoms with Gasteiger partial charge in [0.25, 0.3) is 0 Å². The summed E-state index contributed by atoms with van der Waals surface area (Å²) in [6.45, 7) is 1.71. The molecule has 0 amide bonds. The van der Waals surface area contributed by atoms with Gasteiger partial charge >= 0.3 is 186 Å². The second kappa shape index (κ2) is 11.1. The molecule has 3 aromatic rings. The predicted molar refractivity (Wildman–Crippen MR) is 123 cm³/mol. The number of benzene rings is 2. The van der Waals surface area contributed by atoms with Crippen LogP contribution in [-0.2, 0) is 11.2 Å². The van der Waals surface area contributed by atoms with Gasteiger partial charge in [-0.25, -0.2) is 0 Å². The van der Waals surface area contributed by atoms with Crippen molar-refractivity contribution >= 4 is 36.1 Å². The van der Waals surface area contributed by atoms with Gasteiger partial charge in [0.2, 0.25) is 0 Å². The molecule has 6 nitrogen and oxygen atoms in total. The van der Waals surface area contributed by atoms with Gasteiger partial charge in [0.05, 0.1) is 0 Å². The minimum absolute atomic E-state index is 0.124. The van der Waals surface area contributed by atoms with Gasteiger partial charge in [-0.2, -0.15) is 0 Å². The number of aliphatic carboxylic acids is 1. The van der Waals surface area contributed by atoms with Gasteiger partial charge in [-0.3, -0.25) is 0 Å². The zero-order valence-corrected chi connectivity index (χ0v) is 19.5. The summed E-state index contributed by atoms with van der Waals surface area (Å²) in [6.07, 6.45) is 3.29. The van der Waals surface area contributed by atoms with Crippen molar-refractivity contribution in [3.63, 3.8) is 0 Å². The van der Waals surface area contributed by atoms with E-state index in [1.165, 1.54) is 5.56 Å². The number of unbranched alkanes of at least 4 members (excludes halogenated alkanes) is 1. The van der Waals surface area contributed by atoms with Crippen LogP contribution in [0.2, 0.25) is 10.4 Å². The van der Waals surface area contributed by atoms with Crippen LogP contribution in [0.15, 0.2) is 53.3 Å². The van der Waals surface area contributed by atoms with Crippen LogP contribution in [0.4, 0.5) is 0 Å². The number of aromatic amines is 1. The van der Waals surface area contributed by atoms with E-state index in [0.717, 1.165) is 29.7 Å². The predicted octanol–water partition coefficient (Wildman–Crippen LogP) is 4.34. The Morgan fingerprint density at radius 1 is 1.00 bits per heavy atom. The minimum atomic E-state index is -1.96. The summed E-state index contributed by atoms with van der Waals surface area (Å²) in [6, 6.07) is 15.4. The fraction of sp³-hybridized carbons (Fsp3) is 0.333. The molecular weight excluding hydrogens is 455 g/mol. The van der Waals surface area contributed by atoms with E-state index in [0.29, 0.717) is 28.7 Å². The molecule has 3 rings (SSSR count). The molecule has 0 saturated heterocycles.